The molecule has 0 aromatic carbocycles. The van der Waals surface area contributed by atoms with E-state index in [-0.39, 0.29) is 22.2 Å². The number of allylic oxidation sites excluding steroid dienone is 1. The molecule has 168 valence electrons. The first kappa shape index (κ1) is 22.1. The number of rotatable bonds is 8. The number of hydrogen-bond donors (Lipinski definition) is 5. The topological polar surface area (TPSA) is 200 Å². The fraction of sp³-hybridized carbons (Fsp3) is 0.312. The smallest absolute Gasteiger partial charge is 0.353 e. The lowest BCUT2D eigenvalue weighted by Crippen LogP contribution is -2.72. The van der Waals surface area contributed by atoms with Crippen LogP contribution in [-0.2, 0) is 14.4 Å². The van der Waals surface area contributed by atoms with Crippen molar-refractivity contribution < 1.29 is 24.7 Å². The highest BCUT2D eigenvalue weighted by Crippen LogP contribution is 2.42. The van der Waals surface area contributed by atoms with Crippen LogP contribution < -0.4 is 11.1 Å². The number of amides is 2. The molecule has 1 fully saturated rings. The normalized spacial score (nSPS) is 20.7. The van der Waals surface area contributed by atoms with E-state index in [0.29, 0.717) is 28.0 Å². The number of nitrogen functional groups attached to an aromatic ring is 1. The number of carbonyl (C=O) groups is 3. The van der Waals surface area contributed by atoms with E-state index in [9.17, 15) is 24.7 Å². The zero-order valence-electron chi connectivity index (χ0n) is 16.1. The van der Waals surface area contributed by atoms with Crippen LogP contribution in [0.25, 0.3) is 0 Å². The number of carboxylic acid groups (broad SMARTS) is 1. The van der Waals surface area contributed by atoms with Gasteiger partial charge in [-0.2, -0.15) is 0 Å². The van der Waals surface area contributed by atoms with Gasteiger partial charge in [-0.05, 0) is 12.8 Å². The van der Waals surface area contributed by atoms with Gasteiger partial charge in [-0.3, -0.25) is 19.6 Å². The third kappa shape index (κ3) is 4.15. The van der Waals surface area contributed by atoms with Crippen molar-refractivity contribution in [2.75, 3.05) is 10.8 Å². The summed E-state index contributed by atoms with van der Waals surface area (Å²) in [5, 5.41) is 33.6. The van der Waals surface area contributed by atoms with Crippen molar-refractivity contribution in [1.29, 1.82) is 0 Å². The molecule has 0 spiro atoms. The number of carboxylic acids is 1. The largest absolute Gasteiger partial charge is 0.477 e. The molecule has 2 aromatic heterocycles. The third-order valence-electron chi connectivity index (χ3n) is 4.78. The Kier molecular flexibility index (Phi) is 6.33. The zero-order valence-corrected chi connectivity index (χ0v) is 18.5. The van der Waals surface area contributed by atoms with Crippen LogP contribution >= 0.6 is 34.9 Å². The van der Waals surface area contributed by atoms with Gasteiger partial charge in [0.2, 0.25) is 5.16 Å². The van der Waals surface area contributed by atoms with Gasteiger partial charge in [0.05, 0.1) is 11.1 Å². The van der Waals surface area contributed by atoms with Crippen molar-refractivity contribution >= 4 is 63.5 Å². The van der Waals surface area contributed by atoms with Crippen molar-refractivity contribution in [2.24, 2.45) is 5.16 Å². The quantitative estimate of drug-likeness (QED) is 0.0840. The van der Waals surface area contributed by atoms with E-state index >= 15 is 0 Å². The third-order valence-corrected chi connectivity index (χ3v) is 7.59. The fourth-order valence-electron chi connectivity index (χ4n) is 3.41. The summed E-state index contributed by atoms with van der Waals surface area (Å²) in [4.78, 5) is 46.9. The number of β-lactam (4-membered cyclic amide) rings is 1. The number of aromatic nitrogens is 4. The Morgan fingerprint density at radius 3 is 2.88 bits per heavy atom. The first-order valence-corrected chi connectivity index (χ1v) is 11.9. The molecule has 2 aromatic rings. The Morgan fingerprint density at radius 1 is 1.44 bits per heavy atom. The molecule has 0 aliphatic carbocycles. The number of anilines is 1. The van der Waals surface area contributed by atoms with Crippen LogP contribution in [0.15, 0.2) is 32.6 Å². The molecular formula is C16H16N8O5S3. The highest BCUT2D eigenvalue weighted by molar-refractivity contribution is 8.17. The molecule has 4 heterocycles. The highest BCUT2D eigenvalue weighted by atomic mass is 32.2. The molecule has 0 bridgehead atoms. The first-order valence-electron chi connectivity index (χ1n) is 9.06. The van der Waals surface area contributed by atoms with E-state index in [4.69, 9.17) is 5.73 Å². The van der Waals surface area contributed by atoms with E-state index in [2.05, 4.69) is 30.6 Å². The summed E-state index contributed by atoms with van der Waals surface area (Å²) in [6.45, 7) is 0. The number of aromatic amines is 1. The van der Waals surface area contributed by atoms with E-state index < -0.39 is 29.9 Å². The minimum Gasteiger partial charge on any atom is -0.477 e. The molecule has 16 heteroatoms. The number of nitrogens with two attached hydrogens (primary N) is 1. The van der Waals surface area contributed by atoms with E-state index in [1.54, 1.807) is 0 Å². The maximum absolute atomic E-state index is 12.7. The van der Waals surface area contributed by atoms with Crippen LogP contribution in [0.3, 0.4) is 0 Å². The van der Waals surface area contributed by atoms with Crippen molar-refractivity contribution in [2.45, 2.75) is 30.1 Å². The predicted molar refractivity (Wildman–Crippen MR) is 116 cm³/mol. The Hall–Kier alpha value is -3.11. The minimum atomic E-state index is -1.21. The zero-order chi connectivity index (χ0) is 22.8. The number of nitrogens with one attached hydrogen (secondary N) is 2. The highest BCUT2D eigenvalue weighted by Gasteiger charge is 2.53. The molecule has 2 amide bonds. The molecule has 32 heavy (non-hydrogen) atoms. The second-order valence-electron chi connectivity index (χ2n) is 6.55. The number of thioether (sulfide) groups is 2. The van der Waals surface area contributed by atoms with Gasteiger partial charge in [0.1, 0.15) is 23.8 Å². The van der Waals surface area contributed by atoms with Crippen molar-refractivity contribution in [3.8, 4) is 0 Å². The van der Waals surface area contributed by atoms with Gasteiger partial charge in [0.25, 0.3) is 11.8 Å². The lowest BCUT2D eigenvalue weighted by Gasteiger charge is -2.50. The summed E-state index contributed by atoms with van der Waals surface area (Å²) in [5.74, 6) is -2.57. The molecule has 2 aliphatic rings. The summed E-state index contributed by atoms with van der Waals surface area (Å²) >= 11 is 3.72. The SMILES string of the molecule is Nc1nc(/C(=N/O)C(=O)N[C@@H]2C(=O)N3C(C(=O)O)=C(SCSc4nc[nH]n4)CC[C@@H]23)cs1. The second-order valence-corrected chi connectivity index (χ2v) is 9.82. The Bertz CT molecular complexity index is 1110. The number of carbonyl (C=O) groups excluding carboxylic acids is 2. The molecule has 0 radical (unpaired) electrons. The maximum atomic E-state index is 12.7. The molecular weight excluding hydrogens is 480 g/mol. The van der Waals surface area contributed by atoms with Gasteiger partial charge >= 0.3 is 5.97 Å². The monoisotopic (exact) mass is 496 g/mol. The van der Waals surface area contributed by atoms with Crippen molar-refractivity contribution in [3.63, 3.8) is 0 Å². The van der Waals surface area contributed by atoms with Gasteiger partial charge in [-0.15, -0.1) is 28.2 Å². The fourth-order valence-corrected chi connectivity index (χ4v) is 6.01. The van der Waals surface area contributed by atoms with Crippen LogP contribution in [0.2, 0.25) is 0 Å². The lowest BCUT2D eigenvalue weighted by atomic mass is 9.86. The Labute approximate surface area is 192 Å². The molecule has 2 aliphatic heterocycles. The van der Waals surface area contributed by atoms with E-state index in [1.807, 2.05) is 0 Å². The number of thiazole rings is 1. The minimum absolute atomic E-state index is 0.0773. The van der Waals surface area contributed by atoms with Crippen LogP contribution in [0.1, 0.15) is 18.5 Å². The maximum Gasteiger partial charge on any atom is 0.353 e. The number of H-pyrrole nitrogens is 1. The number of oxime groups is 1. The second kappa shape index (κ2) is 9.17. The summed E-state index contributed by atoms with van der Waals surface area (Å²) in [6.07, 6.45) is 2.35. The molecule has 6 N–H and O–H groups in total. The van der Waals surface area contributed by atoms with E-state index in [1.165, 1.54) is 40.1 Å². The van der Waals surface area contributed by atoms with Crippen LogP contribution in [-0.4, -0.2) is 76.0 Å². The summed E-state index contributed by atoms with van der Waals surface area (Å²) in [7, 11) is 0. The van der Waals surface area contributed by atoms with Gasteiger partial charge in [0.15, 0.2) is 10.8 Å². The number of aliphatic carboxylic acids is 1. The van der Waals surface area contributed by atoms with Gasteiger partial charge in [-0.1, -0.05) is 16.9 Å². The summed E-state index contributed by atoms with van der Waals surface area (Å²) in [5.41, 5.74) is 5.16. The molecule has 13 nitrogen and oxygen atoms in total. The molecule has 0 saturated carbocycles. The van der Waals surface area contributed by atoms with Crippen LogP contribution in [0.5, 0.6) is 0 Å². The lowest BCUT2D eigenvalue weighted by molar-refractivity contribution is -0.155. The number of hydrogen-bond acceptors (Lipinski definition) is 12. The van der Waals surface area contributed by atoms with E-state index in [0.717, 1.165) is 11.3 Å². The molecule has 4 rings (SSSR count). The summed E-state index contributed by atoms with van der Waals surface area (Å²) < 4.78 is 0. The standard InChI is InChI=1S/C16H16N8O5S3/c17-15-20-6(3-30-15)9(23-29)12(25)21-10-7-1-2-8(11(14(27)28)24(7)13(10)26)31-5-32-16-18-4-19-22-16/h3-4,7,10,29H,1-2,5H2,(H2,17,20)(H,21,25)(H,27,28)(H,18,19,22)/b23-9-/t7-,10-/m0/s1. The van der Waals surface area contributed by atoms with Crippen LogP contribution in [0.4, 0.5) is 5.13 Å². The van der Waals surface area contributed by atoms with Gasteiger partial charge < -0.3 is 21.4 Å². The Morgan fingerprint density at radius 2 is 2.25 bits per heavy atom. The molecule has 1 saturated heterocycles. The number of fused-ring (bicyclic) bond motifs is 1. The van der Waals surface area contributed by atoms with Crippen molar-refractivity contribution in [1.82, 2.24) is 30.4 Å². The average molecular weight is 497 g/mol. The molecule has 0 unspecified atom stereocenters. The van der Waals surface area contributed by atoms with Crippen molar-refractivity contribution in [3.05, 3.63) is 28.0 Å². The number of nitrogens with zero attached hydrogens (tertiary/aromatic N) is 5. The summed E-state index contributed by atoms with van der Waals surface area (Å²) in [6, 6.07) is -1.44. The van der Waals surface area contributed by atoms with Gasteiger partial charge in [-0.25, -0.2) is 14.8 Å². The predicted octanol–water partition coefficient (Wildman–Crippen LogP) is 0.290. The Balaban J connectivity index is 1.44. The first-order chi connectivity index (χ1) is 15.4. The van der Waals surface area contributed by atoms with Crippen LogP contribution in [0, 0.1) is 0 Å². The van der Waals surface area contributed by atoms with Gasteiger partial charge in [0, 0.05) is 10.3 Å². The molecule has 2 atom stereocenters. The average Bonchev–Trinajstić information content (AvgIpc) is 3.44.